The molecular weight excluding hydrogens is 148 g/mol. The molecule has 5 heteroatoms. The van der Waals surface area contributed by atoms with Crippen LogP contribution >= 0.6 is 0 Å². The van der Waals surface area contributed by atoms with Crippen molar-refractivity contribution in [3.05, 3.63) is 12.7 Å². The van der Waals surface area contributed by atoms with Crippen LogP contribution < -0.4 is 0 Å². The summed E-state index contributed by atoms with van der Waals surface area (Å²) in [5, 5.41) is 0.516. The topological polar surface area (TPSA) is 54.5 Å². The Kier molecular flexibility index (Phi) is 1.04. The molecule has 2 aromatic heterocycles. The molecule has 0 aliphatic heterocycles. The van der Waals surface area contributed by atoms with E-state index in [1.807, 2.05) is 0 Å². The van der Waals surface area contributed by atoms with Crippen molar-refractivity contribution < 1.29 is 0 Å². The monoisotopic (exact) mass is 151 g/mol. The van der Waals surface area contributed by atoms with E-state index >= 15 is 0 Å². The molecule has 2 aromatic rings. The molecule has 0 aliphatic carbocycles. The van der Waals surface area contributed by atoms with Crippen LogP contribution in [0.1, 0.15) is 0 Å². The molecule has 0 atom stereocenters. The number of H-pyrrole nitrogens is 1. The third kappa shape index (κ3) is 0.640. The first-order valence-corrected chi connectivity index (χ1v) is 3.10. The number of fused-ring (bicyclic) bond motifs is 1. The second-order valence-electron chi connectivity index (χ2n) is 1.78. The summed E-state index contributed by atoms with van der Waals surface area (Å²) in [5.74, 6) is 0. The van der Waals surface area contributed by atoms with E-state index in [0.717, 1.165) is 5.52 Å². The summed E-state index contributed by atoms with van der Waals surface area (Å²) in [7, 11) is 0. The highest BCUT2D eigenvalue weighted by Gasteiger charge is 1.93. The lowest BCUT2D eigenvalue weighted by Gasteiger charge is -2.01. The Morgan fingerprint density at radius 1 is 1.30 bits per heavy atom. The molecule has 0 unspecified atom stereocenters. The summed E-state index contributed by atoms with van der Waals surface area (Å²) >= 11 is 4.89. The van der Waals surface area contributed by atoms with Gasteiger partial charge < -0.3 is 17.6 Å². The highest BCUT2D eigenvalue weighted by Crippen LogP contribution is 2.06. The average molecular weight is 151 g/mol. The van der Waals surface area contributed by atoms with Crippen LogP contribution in [0.25, 0.3) is 11.2 Å². The fraction of sp³-hybridized carbons (Fsp3) is 0. The molecule has 50 valence electrons. The Hall–Kier alpha value is -1.23. The van der Waals surface area contributed by atoms with Crippen molar-refractivity contribution in [3.63, 3.8) is 0 Å². The second-order valence-corrected chi connectivity index (χ2v) is 2.17. The van der Waals surface area contributed by atoms with Gasteiger partial charge in [0, 0.05) is 0 Å². The molecule has 0 bridgehead atoms. The molecule has 0 fully saturated rings. The van der Waals surface area contributed by atoms with E-state index in [0.29, 0.717) is 10.7 Å². The van der Waals surface area contributed by atoms with Crippen LogP contribution in [-0.2, 0) is 12.6 Å². The zero-order valence-corrected chi connectivity index (χ0v) is 5.72. The van der Waals surface area contributed by atoms with E-state index in [2.05, 4.69) is 19.9 Å². The fourth-order valence-electron chi connectivity index (χ4n) is 0.743. The number of nitrogens with zero attached hydrogens (tertiary/aromatic N) is 3. The van der Waals surface area contributed by atoms with Crippen molar-refractivity contribution in [3.8, 4) is 0 Å². The first-order chi connectivity index (χ1) is 4.88. The molecule has 0 saturated carbocycles. The molecule has 4 nitrogen and oxygen atoms in total. The van der Waals surface area contributed by atoms with E-state index in [9.17, 15) is 0 Å². The Bertz CT molecular complexity index is 355. The number of rotatable bonds is 0. The number of hydrogen-bond donors (Lipinski definition) is 1. The molecule has 0 saturated heterocycles. The van der Waals surface area contributed by atoms with Crippen molar-refractivity contribution in [2.45, 2.75) is 5.03 Å². The molecular formula is C5H3N4S-. The third-order valence-electron chi connectivity index (χ3n) is 1.19. The van der Waals surface area contributed by atoms with Gasteiger partial charge in [-0.2, -0.15) is 0 Å². The zero-order valence-electron chi connectivity index (χ0n) is 4.90. The lowest BCUT2D eigenvalue weighted by atomic mass is 10.6. The van der Waals surface area contributed by atoms with E-state index in [4.69, 9.17) is 12.6 Å². The molecule has 0 radical (unpaired) electrons. The van der Waals surface area contributed by atoms with Crippen LogP contribution in [0, 0.1) is 0 Å². The Balaban J connectivity index is 2.95. The minimum Gasteiger partial charge on any atom is -0.758 e. The zero-order chi connectivity index (χ0) is 6.97. The Labute approximate surface area is 62.1 Å². The minimum absolute atomic E-state index is 0.516. The van der Waals surface area contributed by atoms with Crippen LogP contribution in [0.3, 0.4) is 0 Å². The highest BCUT2D eigenvalue weighted by molar-refractivity contribution is 7.58. The number of aromatic amines is 1. The maximum absolute atomic E-state index is 4.89. The molecule has 0 amide bonds. The van der Waals surface area contributed by atoms with Gasteiger partial charge in [-0.1, -0.05) is 5.03 Å². The largest absolute Gasteiger partial charge is 0.758 e. The van der Waals surface area contributed by atoms with Gasteiger partial charge in [0.05, 0.1) is 11.8 Å². The third-order valence-corrected chi connectivity index (χ3v) is 1.50. The van der Waals surface area contributed by atoms with Gasteiger partial charge in [0.2, 0.25) is 0 Å². The van der Waals surface area contributed by atoms with E-state index < -0.39 is 0 Å². The minimum atomic E-state index is 0.516. The van der Waals surface area contributed by atoms with E-state index in [-0.39, 0.29) is 0 Å². The van der Waals surface area contributed by atoms with Gasteiger partial charge >= 0.3 is 0 Å². The quantitative estimate of drug-likeness (QED) is 0.433. The molecule has 10 heavy (non-hydrogen) atoms. The van der Waals surface area contributed by atoms with Crippen LogP contribution in [0.5, 0.6) is 0 Å². The van der Waals surface area contributed by atoms with Crippen molar-refractivity contribution in [1.29, 1.82) is 0 Å². The summed E-state index contributed by atoms with van der Waals surface area (Å²) in [4.78, 5) is 14.4. The van der Waals surface area contributed by atoms with Crippen LogP contribution in [0.2, 0.25) is 0 Å². The van der Waals surface area contributed by atoms with Crippen molar-refractivity contribution in [1.82, 2.24) is 19.9 Å². The standard InChI is InChI=1S/C5H4N4S/c10-5-3-4(7-1-6-3)8-2-9-5/h1-2H,(H2,6,7,8,9,10)/p-1. The van der Waals surface area contributed by atoms with Gasteiger partial charge in [-0.05, 0) is 0 Å². The summed E-state index contributed by atoms with van der Waals surface area (Å²) in [6.45, 7) is 0. The average Bonchev–Trinajstić information content (AvgIpc) is 2.36. The van der Waals surface area contributed by atoms with Gasteiger partial charge in [0.1, 0.15) is 6.33 Å². The summed E-state index contributed by atoms with van der Waals surface area (Å²) < 4.78 is 0. The normalized spacial score (nSPS) is 10.4. The summed E-state index contributed by atoms with van der Waals surface area (Å²) in [6.07, 6.45) is 2.96. The van der Waals surface area contributed by atoms with E-state index in [1.54, 1.807) is 6.33 Å². The predicted molar refractivity (Wildman–Crippen MR) is 37.3 cm³/mol. The SMILES string of the molecule is [S-]c1ncnc2nc[nH]c12. The number of nitrogens with one attached hydrogen (secondary N) is 1. The first-order valence-electron chi connectivity index (χ1n) is 2.69. The molecule has 0 spiro atoms. The van der Waals surface area contributed by atoms with Gasteiger partial charge in [-0.15, -0.1) is 0 Å². The number of hydrogen-bond acceptors (Lipinski definition) is 4. The lowest BCUT2D eigenvalue weighted by Crippen LogP contribution is -1.84. The summed E-state index contributed by atoms with van der Waals surface area (Å²) in [6, 6.07) is 0. The molecule has 2 rings (SSSR count). The van der Waals surface area contributed by atoms with Gasteiger partial charge in [0.25, 0.3) is 0 Å². The van der Waals surface area contributed by atoms with Gasteiger partial charge in [-0.3, -0.25) is 4.98 Å². The highest BCUT2D eigenvalue weighted by atomic mass is 32.1. The van der Waals surface area contributed by atoms with Crippen LogP contribution in [0.4, 0.5) is 0 Å². The van der Waals surface area contributed by atoms with Crippen LogP contribution in [-0.4, -0.2) is 19.9 Å². The number of aromatic nitrogens is 4. The summed E-state index contributed by atoms with van der Waals surface area (Å²) in [5.41, 5.74) is 1.36. The van der Waals surface area contributed by atoms with Crippen molar-refractivity contribution >= 4 is 23.8 Å². The molecule has 2 heterocycles. The first kappa shape index (κ1) is 5.55. The van der Waals surface area contributed by atoms with Crippen LogP contribution in [0.15, 0.2) is 17.7 Å². The Morgan fingerprint density at radius 2 is 2.20 bits per heavy atom. The fourth-order valence-corrected chi connectivity index (χ4v) is 0.940. The maximum atomic E-state index is 4.89. The van der Waals surface area contributed by atoms with E-state index in [1.165, 1.54) is 6.33 Å². The second kappa shape index (κ2) is 1.88. The predicted octanol–water partition coefficient (Wildman–Crippen LogP) is 0.259. The van der Waals surface area contributed by atoms with Crippen molar-refractivity contribution in [2.24, 2.45) is 0 Å². The molecule has 0 aliphatic rings. The smallest absolute Gasteiger partial charge is 0.178 e. The van der Waals surface area contributed by atoms with Gasteiger partial charge in [0.15, 0.2) is 5.65 Å². The molecule has 0 aromatic carbocycles. The number of imidazole rings is 1. The lowest BCUT2D eigenvalue weighted by molar-refractivity contribution is 1.09. The van der Waals surface area contributed by atoms with Crippen molar-refractivity contribution in [2.75, 3.05) is 0 Å². The van der Waals surface area contributed by atoms with Gasteiger partial charge in [-0.25, -0.2) is 9.97 Å². The maximum Gasteiger partial charge on any atom is 0.178 e. The molecule has 1 N–H and O–H groups in total. The Morgan fingerprint density at radius 3 is 3.00 bits per heavy atom.